The van der Waals surface area contributed by atoms with Gasteiger partial charge in [-0.25, -0.2) is 10.4 Å². The first-order valence-corrected chi connectivity index (χ1v) is 9.10. The molecule has 0 saturated carbocycles. The molecule has 0 amide bonds. The lowest BCUT2D eigenvalue weighted by molar-refractivity contribution is -0.384. The maximum absolute atomic E-state index is 10.9. The van der Waals surface area contributed by atoms with Crippen LogP contribution in [0.3, 0.4) is 0 Å². The predicted molar refractivity (Wildman–Crippen MR) is 114 cm³/mol. The number of furan rings is 1. The number of aromatic nitrogens is 3. The number of nitrogens with zero attached hydrogens (tertiary/aromatic N) is 5. The van der Waals surface area contributed by atoms with Gasteiger partial charge in [0.05, 0.1) is 30.1 Å². The third-order valence-corrected chi connectivity index (χ3v) is 4.27. The molecule has 31 heavy (non-hydrogen) atoms. The molecule has 0 radical (unpaired) electrons. The van der Waals surface area contributed by atoms with Crippen molar-refractivity contribution in [3.05, 3.63) is 82.7 Å². The molecule has 154 valence electrons. The molecular weight excluding hydrogens is 400 g/mol. The molecule has 10 nitrogen and oxygen atoms in total. The highest BCUT2D eigenvalue weighted by atomic mass is 16.6. The van der Waals surface area contributed by atoms with Crippen LogP contribution in [0.25, 0.3) is 22.6 Å². The third-order valence-electron chi connectivity index (χ3n) is 4.27. The van der Waals surface area contributed by atoms with Gasteiger partial charge < -0.3 is 9.15 Å². The number of nitro groups is 1. The summed E-state index contributed by atoms with van der Waals surface area (Å²) in [5.74, 6) is 1.91. The van der Waals surface area contributed by atoms with Gasteiger partial charge >= 0.3 is 0 Å². The smallest absolute Gasteiger partial charge is 0.270 e. The summed E-state index contributed by atoms with van der Waals surface area (Å²) in [5.41, 5.74) is 4.78. The minimum absolute atomic E-state index is 0.00725. The van der Waals surface area contributed by atoms with Crippen LogP contribution in [0.15, 0.2) is 76.4 Å². The monoisotopic (exact) mass is 416 g/mol. The highest BCUT2D eigenvalue weighted by molar-refractivity contribution is 5.78. The summed E-state index contributed by atoms with van der Waals surface area (Å²) in [6, 6.07) is 17.0. The van der Waals surface area contributed by atoms with Crippen LogP contribution in [-0.2, 0) is 0 Å². The predicted octanol–water partition coefficient (Wildman–Crippen LogP) is 4.16. The maximum Gasteiger partial charge on any atom is 0.270 e. The van der Waals surface area contributed by atoms with Crippen LogP contribution < -0.4 is 10.2 Å². The second kappa shape index (κ2) is 8.82. The third kappa shape index (κ3) is 4.70. The van der Waals surface area contributed by atoms with E-state index in [0.29, 0.717) is 22.8 Å². The fourth-order valence-corrected chi connectivity index (χ4v) is 2.76. The van der Waals surface area contributed by atoms with E-state index < -0.39 is 4.92 Å². The summed E-state index contributed by atoms with van der Waals surface area (Å²) in [6.07, 6.45) is 3.00. The number of non-ortho nitro benzene ring substituents is 1. The van der Waals surface area contributed by atoms with Crippen LogP contribution >= 0.6 is 0 Å². The van der Waals surface area contributed by atoms with E-state index in [9.17, 15) is 10.1 Å². The molecule has 0 spiro atoms. The van der Waals surface area contributed by atoms with E-state index in [4.69, 9.17) is 9.15 Å². The summed E-state index contributed by atoms with van der Waals surface area (Å²) < 4.78 is 10.8. The lowest BCUT2D eigenvalue weighted by Crippen LogP contribution is -1.99. The van der Waals surface area contributed by atoms with Gasteiger partial charge in [-0.2, -0.15) is 10.2 Å². The van der Waals surface area contributed by atoms with Gasteiger partial charge in [-0.3, -0.25) is 10.1 Å². The Morgan fingerprint density at radius 1 is 1.13 bits per heavy atom. The Bertz CT molecular complexity index is 1240. The van der Waals surface area contributed by atoms with Crippen molar-refractivity contribution >= 4 is 17.9 Å². The van der Waals surface area contributed by atoms with Crippen molar-refractivity contribution in [3.8, 4) is 28.3 Å². The highest BCUT2D eigenvalue weighted by Gasteiger charge is 2.10. The van der Waals surface area contributed by atoms with Crippen molar-refractivity contribution in [2.45, 2.75) is 0 Å². The summed E-state index contributed by atoms with van der Waals surface area (Å²) >= 11 is 0. The number of nitrogens with one attached hydrogen (secondary N) is 1. The Morgan fingerprint density at radius 2 is 1.97 bits per heavy atom. The van der Waals surface area contributed by atoms with Gasteiger partial charge in [0.2, 0.25) is 0 Å². The molecule has 10 heteroatoms. The van der Waals surface area contributed by atoms with E-state index in [1.54, 1.807) is 37.6 Å². The molecule has 0 fully saturated rings. The van der Waals surface area contributed by atoms with E-state index in [1.807, 2.05) is 24.3 Å². The second-order valence-electron chi connectivity index (χ2n) is 6.27. The molecular formula is C21H16N6O4. The van der Waals surface area contributed by atoms with Crippen LogP contribution in [0, 0.1) is 10.1 Å². The van der Waals surface area contributed by atoms with Crippen LogP contribution in [0.2, 0.25) is 0 Å². The van der Waals surface area contributed by atoms with Crippen LogP contribution in [0.1, 0.15) is 5.76 Å². The quantitative estimate of drug-likeness (QED) is 0.270. The zero-order valence-electron chi connectivity index (χ0n) is 16.3. The minimum Gasteiger partial charge on any atom is -0.497 e. The van der Waals surface area contributed by atoms with Crippen molar-refractivity contribution in [2.75, 3.05) is 12.5 Å². The number of hydrazone groups is 1. The standard InChI is InChI=1S/C21H16N6O4/c1-30-17-7-5-14(6-8-17)19-13-23-26-21(24-19)25-22-12-18-9-10-20(31-18)15-3-2-4-16(11-15)27(28)29/h2-13H,1H3,(H,24,25,26). The lowest BCUT2D eigenvalue weighted by atomic mass is 10.1. The zero-order chi connectivity index (χ0) is 21.6. The summed E-state index contributed by atoms with van der Waals surface area (Å²) in [4.78, 5) is 14.9. The van der Waals surface area contributed by atoms with Gasteiger partial charge in [0.15, 0.2) is 0 Å². The van der Waals surface area contributed by atoms with Crippen LogP contribution in [-0.4, -0.2) is 33.4 Å². The Hall–Kier alpha value is -4.60. The topological polar surface area (TPSA) is 129 Å². The maximum atomic E-state index is 10.9. The Labute approximate surface area is 176 Å². The first-order valence-electron chi connectivity index (χ1n) is 9.10. The second-order valence-corrected chi connectivity index (χ2v) is 6.27. The molecule has 2 aromatic heterocycles. The molecule has 0 unspecified atom stereocenters. The van der Waals surface area contributed by atoms with E-state index in [-0.39, 0.29) is 11.6 Å². The first kappa shape index (κ1) is 19.7. The Morgan fingerprint density at radius 3 is 2.74 bits per heavy atom. The SMILES string of the molecule is COc1ccc(-c2cnnc(NN=Cc3ccc(-c4cccc([N+](=O)[O-])c4)o3)n2)cc1. The van der Waals surface area contributed by atoms with Crippen molar-refractivity contribution in [1.82, 2.24) is 15.2 Å². The van der Waals surface area contributed by atoms with Crippen LogP contribution in [0.4, 0.5) is 11.6 Å². The fraction of sp³-hybridized carbons (Fsp3) is 0.0476. The molecule has 1 N–H and O–H groups in total. The van der Waals surface area contributed by atoms with Gasteiger partial charge in [0, 0.05) is 23.3 Å². The number of rotatable bonds is 7. The molecule has 0 aliphatic rings. The average Bonchev–Trinajstić information content (AvgIpc) is 3.28. The van der Waals surface area contributed by atoms with E-state index in [1.165, 1.54) is 18.3 Å². The number of anilines is 1. The van der Waals surface area contributed by atoms with Gasteiger partial charge in [0.25, 0.3) is 11.6 Å². The number of hydrogen-bond donors (Lipinski definition) is 1. The minimum atomic E-state index is -0.452. The summed E-state index contributed by atoms with van der Waals surface area (Å²) in [7, 11) is 1.60. The normalized spacial score (nSPS) is 10.9. The molecule has 0 saturated heterocycles. The van der Waals surface area contributed by atoms with E-state index in [0.717, 1.165) is 11.3 Å². The van der Waals surface area contributed by atoms with Gasteiger partial charge in [-0.15, -0.1) is 5.10 Å². The molecule has 4 rings (SSSR count). The molecule has 0 aliphatic heterocycles. The molecule has 2 heterocycles. The van der Waals surface area contributed by atoms with Crippen molar-refractivity contribution in [1.29, 1.82) is 0 Å². The number of nitro benzene ring substituents is 1. The Kier molecular flexibility index (Phi) is 5.61. The number of ether oxygens (including phenoxy) is 1. The number of methoxy groups -OCH3 is 1. The first-order chi connectivity index (χ1) is 15.1. The van der Waals surface area contributed by atoms with Gasteiger partial charge in [-0.05, 0) is 36.4 Å². The Balaban J connectivity index is 1.45. The van der Waals surface area contributed by atoms with Gasteiger partial charge in [0.1, 0.15) is 17.3 Å². The van der Waals surface area contributed by atoms with E-state index in [2.05, 4.69) is 25.7 Å². The highest BCUT2D eigenvalue weighted by Crippen LogP contribution is 2.25. The number of benzene rings is 2. The molecule has 0 aliphatic carbocycles. The van der Waals surface area contributed by atoms with Crippen molar-refractivity contribution < 1.29 is 14.1 Å². The largest absolute Gasteiger partial charge is 0.497 e. The molecule has 0 atom stereocenters. The molecule has 4 aromatic rings. The summed E-state index contributed by atoms with van der Waals surface area (Å²) in [6.45, 7) is 0. The van der Waals surface area contributed by atoms with Gasteiger partial charge in [-0.1, -0.05) is 12.1 Å². The zero-order valence-corrected chi connectivity index (χ0v) is 16.3. The van der Waals surface area contributed by atoms with Crippen LogP contribution in [0.5, 0.6) is 5.75 Å². The number of hydrogen-bond acceptors (Lipinski definition) is 9. The fourth-order valence-electron chi connectivity index (χ4n) is 2.76. The van der Waals surface area contributed by atoms with Crippen molar-refractivity contribution in [2.24, 2.45) is 5.10 Å². The lowest BCUT2D eigenvalue weighted by Gasteiger charge is -2.03. The van der Waals surface area contributed by atoms with E-state index >= 15 is 0 Å². The molecule has 0 bridgehead atoms. The summed E-state index contributed by atoms with van der Waals surface area (Å²) in [5, 5.41) is 22.8. The van der Waals surface area contributed by atoms with Crippen molar-refractivity contribution in [3.63, 3.8) is 0 Å². The average molecular weight is 416 g/mol. The molecule has 2 aromatic carbocycles.